The molecule has 3 rings (SSSR count). The van der Waals surface area contributed by atoms with Crippen molar-refractivity contribution < 1.29 is 0 Å². The van der Waals surface area contributed by atoms with Crippen molar-refractivity contribution >= 4 is 22.1 Å². The molecule has 0 fully saturated rings. The summed E-state index contributed by atoms with van der Waals surface area (Å²) in [4.78, 5) is 8.45. The van der Waals surface area contributed by atoms with E-state index in [9.17, 15) is 0 Å². The average molecular weight is 235 g/mol. The summed E-state index contributed by atoms with van der Waals surface area (Å²) in [5, 5.41) is 5.66. The first-order chi connectivity index (χ1) is 8.83. The Kier molecular flexibility index (Phi) is 2.65. The minimum absolute atomic E-state index is 0.983. The maximum atomic E-state index is 4.28. The number of hydrogen-bond donors (Lipinski definition) is 1. The molecule has 0 aliphatic heterocycles. The molecule has 0 aliphatic rings. The second kappa shape index (κ2) is 4.45. The lowest BCUT2D eigenvalue weighted by atomic mass is 10.1. The molecular weight excluding hydrogens is 222 g/mol. The number of pyridine rings is 2. The van der Waals surface area contributed by atoms with Gasteiger partial charge in [-0.05, 0) is 36.6 Å². The second-order valence-electron chi connectivity index (χ2n) is 4.22. The van der Waals surface area contributed by atoms with Crippen LogP contribution in [0.4, 0.5) is 11.4 Å². The van der Waals surface area contributed by atoms with E-state index in [1.54, 1.807) is 6.20 Å². The molecule has 0 amide bonds. The van der Waals surface area contributed by atoms with Crippen molar-refractivity contribution in [3.05, 3.63) is 60.7 Å². The summed E-state index contributed by atoms with van der Waals surface area (Å²) in [5.41, 5.74) is 3.04. The van der Waals surface area contributed by atoms with Crippen LogP contribution in [0.25, 0.3) is 10.8 Å². The zero-order chi connectivity index (χ0) is 12.4. The number of nitrogens with one attached hydrogen (secondary N) is 1. The number of benzene rings is 1. The SMILES string of the molecule is Cc1ccc(Nc2cccc3ccncc23)cn1. The van der Waals surface area contributed by atoms with Crippen molar-refractivity contribution in [1.82, 2.24) is 9.97 Å². The smallest absolute Gasteiger partial charge is 0.0571 e. The van der Waals surface area contributed by atoms with Crippen molar-refractivity contribution in [1.29, 1.82) is 0 Å². The van der Waals surface area contributed by atoms with E-state index in [0.29, 0.717) is 0 Å². The van der Waals surface area contributed by atoms with Crippen LogP contribution >= 0.6 is 0 Å². The summed E-state index contributed by atoms with van der Waals surface area (Å²) < 4.78 is 0. The molecule has 0 saturated carbocycles. The van der Waals surface area contributed by atoms with E-state index in [0.717, 1.165) is 22.5 Å². The molecule has 2 heterocycles. The minimum Gasteiger partial charge on any atom is -0.354 e. The molecule has 0 radical (unpaired) electrons. The summed E-state index contributed by atoms with van der Waals surface area (Å²) in [6.45, 7) is 1.98. The molecule has 2 aromatic heterocycles. The van der Waals surface area contributed by atoms with E-state index in [2.05, 4.69) is 21.4 Å². The normalized spacial score (nSPS) is 10.5. The van der Waals surface area contributed by atoms with Crippen LogP contribution in [0.5, 0.6) is 0 Å². The third kappa shape index (κ3) is 2.02. The number of aryl methyl sites for hydroxylation is 1. The predicted octanol–water partition coefficient (Wildman–Crippen LogP) is 3.68. The lowest BCUT2D eigenvalue weighted by Crippen LogP contribution is -1.93. The fourth-order valence-corrected chi connectivity index (χ4v) is 1.92. The first-order valence-electron chi connectivity index (χ1n) is 5.85. The topological polar surface area (TPSA) is 37.8 Å². The van der Waals surface area contributed by atoms with Crippen molar-refractivity contribution in [3.63, 3.8) is 0 Å². The van der Waals surface area contributed by atoms with Gasteiger partial charge in [-0.2, -0.15) is 0 Å². The molecule has 0 saturated heterocycles. The standard InChI is InChI=1S/C15H13N3/c1-11-5-6-13(9-17-11)18-15-4-2-3-12-7-8-16-10-14(12)15/h2-10,18H,1H3. The average Bonchev–Trinajstić information content (AvgIpc) is 2.42. The molecule has 3 aromatic rings. The van der Waals surface area contributed by atoms with Gasteiger partial charge < -0.3 is 5.32 Å². The Hall–Kier alpha value is -2.42. The molecule has 3 nitrogen and oxygen atoms in total. The number of fused-ring (bicyclic) bond motifs is 1. The third-order valence-corrected chi connectivity index (χ3v) is 2.87. The number of aromatic nitrogens is 2. The number of hydrogen-bond acceptors (Lipinski definition) is 3. The van der Waals surface area contributed by atoms with Crippen LogP contribution < -0.4 is 5.32 Å². The van der Waals surface area contributed by atoms with Gasteiger partial charge in [-0.3, -0.25) is 9.97 Å². The minimum atomic E-state index is 0.983. The highest BCUT2D eigenvalue weighted by Gasteiger charge is 2.01. The fraction of sp³-hybridized carbons (Fsp3) is 0.0667. The quantitative estimate of drug-likeness (QED) is 0.736. The number of anilines is 2. The molecule has 0 aliphatic carbocycles. The Morgan fingerprint density at radius 1 is 1.00 bits per heavy atom. The van der Waals surface area contributed by atoms with E-state index in [4.69, 9.17) is 0 Å². The summed E-state index contributed by atoms with van der Waals surface area (Å²) in [5.74, 6) is 0. The lowest BCUT2D eigenvalue weighted by Gasteiger charge is -2.09. The maximum absolute atomic E-state index is 4.28. The zero-order valence-corrected chi connectivity index (χ0v) is 10.1. The van der Waals surface area contributed by atoms with Crippen molar-refractivity contribution in [2.24, 2.45) is 0 Å². The Labute approximate surface area is 106 Å². The van der Waals surface area contributed by atoms with Crippen LogP contribution in [0.3, 0.4) is 0 Å². The molecule has 1 aromatic carbocycles. The monoisotopic (exact) mass is 235 g/mol. The van der Waals surface area contributed by atoms with Gasteiger partial charge in [-0.15, -0.1) is 0 Å². The summed E-state index contributed by atoms with van der Waals surface area (Å²) in [6.07, 6.45) is 5.52. The fourth-order valence-electron chi connectivity index (χ4n) is 1.92. The number of nitrogens with zero attached hydrogens (tertiary/aromatic N) is 2. The van der Waals surface area contributed by atoms with Gasteiger partial charge in [0.05, 0.1) is 11.9 Å². The van der Waals surface area contributed by atoms with Crippen molar-refractivity contribution in [3.8, 4) is 0 Å². The first kappa shape index (κ1) is 10.7. The predicted molar refractivity (Wildman–Crippen MR) is 74.0 cm³/mol. The van der Waals surface area contributed by atoms with Gasteiger partial charge >= 0.3 is 0 Å². The highest BCUT2D eigenvalue weighted by Crippen LogP contribution is 2.25. The maximum Gasteiger partial charge on any atom is 0.0571 e. The highest BCUT2D eigenvalue weighted by molar-refractivity contribution is 5.94. The van der Waals surface area contributed by atoms with E-state index in [1.807, 2.05) is 49.6 Å². The Bertz CT molecular complexity index is 669. The van der Waals surface area contributed by atoms with Gasteiger partial charge in [0.2, 0.25) is 0 Å². The molecule has 1 N–H and O–H groups in total. The van der Waals surface area contributed by atoms with Gasteiger partial charge in [0.1, 0.15) is 0 Å². The van der Waals surface area contributed by atoms with Crippen LogP contribution in [0.2, 0.25) is 0 Å². The largest absolute Gasteiger partial charge is 0.354 e. The van der Waals surface area contributed by atoms with Gasteiger partial charge in [0, 0.05) is 29.2 Å². The first-order valence-corrected chi connectivity index (χ1v) is 5.85. The van der Waals surface area contributed by atoms with Crippen LogP contribution in [0, 0.1) is 6.92 Å². The molecule has 0 spiro atoms. The Morgan fingerprint density at radius 2 is 1.94 bits per heavy atom. The summed E-state index contributed by atoms with van der Waals surface area (Å²) in [6, 6.07) is 12.2. The molecule has 18 heavy (non-hydrogen) atoms. The molecule has 0 bridgehead atoms. The molecular formula is C15H13N3. The van der Waals surface area contributed by atoms with Gasteiger partial charge in [0.15, 0.2) is 0 Å². The Morgan fingerprint density at radius 3 is 2.78 bits per heavy atom. The van der Waals surface area contributed by atoms with Crippen LogP contribution in [-0.2, 0) is 0 Å². The highest BCUT2D eigenvalue weighted by atomic mass is 14.9. The number of rotatable bonds is 2. The summed E-state index contributed by atoms with van der Waals surface area (Å²) in [7, 11) is 0. The van der Waals surface area contributed by atoms with Gasteiger partial charge in [-0.25, -0.2) is 0 Å². The molecule has 88 valence electrons. The second-order valence-corrected chi connectivity index (χ2v) is 4.22. The van der Waals surface area contributed by atoms with E-state index >= 15 is 0 Å². The van der Waals surface area contributed by atoms with Crippen LogP contribution in [0.1, 0.15) is 5.69 Å². The molecule has 3 heteroatoms. The zero-order valence-electron chi connectivity index (χ0n) is 10.1. The van der Waals surface area contributed by atoms with Crippen molar-refractivity contribution in [2.75, 3.05) is 5.32 Å². The van der Waals surface area contributed by atoms with E-state index in [1.165, 1.54) is 5.39 Å². The van der Waals surface area contributed by atoms with Crippen LogP contribution in [0.15, 0.2) is 55.0 Å². The molecule has 0 unspecified atom stereocenters. The van der Waals surface area contributed by atoms with Gasteiger partial charge in [-0.1, -0.05) is 12.1 Å². The van der Waals surface area contributed by atoms with Crippen LogP contribution in [-0.4, -0.2) is 9.97 Å². The lowest BCUT2D eigenvalue weighted by molar-refractivity contribution is 1.20. The van der Waals surface area contributed by atoms with Gasteiger partial charge in [0.25, 0.3) is 0 Å². The summed E-state index contributed by atoms with van der Waals surface area (Å²) >= 11 is 0. The van der Waals surface area contributed by atoms with E-state index in [-0.39, 0.29) is 0 Å². The Balaban J connectivity index is 2.02. The van der Waals surface area contributed by atoms with E-state index < -0.39 is 0 Å². The van der Waals surface area contributed by atoms with Crippen molar-refractivity contribution in [2.45, 2.75) is 6.92 Å². The molecule has 0 atom stereocenters. The third-order valence-electron chi connectivity index (χ3n) is 2.87.